The average molecular weight is 517 g/mol. The Morgan fingerprint density at radius 1 is 1.08 bits per heavy atom. The summed E-state index contributed by atoms with van der Waals surface area (Å²) in [5.74, 6) is 1.61. The summed E-state index contributed by atoms with van der Waals surface area (Å²) in [6, 6.07) is 2.36. The topological polar surface area (TPSA) is 103 Å². The Kier molecular flexibility index (Phi) is 5.74. The van der Waals surface area contributed by atoms with Crippen LogP contribution < -0.4 is 10.2 Å². The number of amides is 1. The maximum absolute atomic E-state index is 13.3. The monoisotopic (exact) mass is 516 g/mol. The predicted molar refractivity (Wildman–Crippen MR) is 141 cm³/mol. The van der Waals surface area contributed by atoms with Gasteiger partial charge in [-0.2, -0.15) is 0 Å². The summed E-state index contributed by atoms with van der Waals surface area (Å²) in [6.45, 7) is 3.09. The Labute approximate surface area is 218 Å². The highest BCUT2D eigenvalue weighted by atomic mass is 32.1. The van der Waals surface area contributed by atoms with E-state index in [-0.39, 0.29) is 5.91 Å². The summed E-state index contributed by atoms with van der Waals surface area (Å²) < 4.78 is 9.85. The third kappa shape index (κ3) is 4.64. The van der Waals surface area contributed by atoms with E-state index in [9.17, 15) is 4.79 Å². The maximum Gasteiger partial charge on any atom is 0.275 e. The van der Waals surface area contributed by atoms with E-state index in [1.54, 1.807) is 6.20 Å². The molecule has 7 rings (SSSR count). The van der Waals surface area contributed by atoms with Gasteiger partial charge in [-0.05, 0) is 38.2 Å². The molecule has 2 aliphatic carbocycles. The van der Waals surface area contributed by atoms with Crippen LogP contribution in [0.15, 0.2) is 42.6 Å². The highest BCUT2D eigenvalue weighted by Crippen LogP contribution is 2.40. The zero-order chi connectivity index (χ0) is 24.8. The third-order valence-corrected chi connectivity index (χ3v) is 7.92. The molecule has 37 heavy (non-hydrogen) atoms. The summed E-state index contributed by atoms with van der Waals surface area (Å²) in [7, 11) is 0. The summed E-state index contributed by atoms with van der Waals surface area (Å²) in [6.07, 6.45) is 15.2. The highest BCUT2D eigenvalue weighted by Gasteiger charge is 2.28. The number of carbonyl (C=O) groups is 1. The molecule has 4 aromatic heterocycles. The minimum atomic E-state index is -0.295. The van der Waals surface area contributed by atoms with E-state index >= 15 is 0 Å². The number of ether oxygens (including phenoxy) is 1. The van der Waals surface area contributed by atoms with Crippen molar-refractivity contribution in [2.45, 2.75) is 44.1 Å². The molecule has 0 radical (unpaired) electrons. The second kappa shape index (κ2) is 9.38. The van der Waals surface area contributed by atoms with Crippen LogP contribution in [0.25, 0.3) is 16.5 Å². The predicted octanol–water partition coefficient (Wildman–Crippen LogP) is 4.28. The molecule has 1 aliphatic heterocycles. The van der Waals surface area contributed by atoms with Crippen molar-refractivity contribution in [3.05, 3.63) is 53.9 Å². The van der Waals surface area contributed by atoms with E-state index in [2.05, 4.69) is 40.9 Å². The first-order valence-electron chi connectivity index (χ1n) is 12.9. The van der Waals surface area contributed by atoms with Gasteiger partial charge in [0.25, 0.3) is 5.91 Å². The van der Waals surface area contributed by atoms with Crippen molar-refractivity contribution in [1.82, 2.24) is 29.1 Å². The van der Waals surface area contributed by atoms with Gasteiger partial charge in [0.05, 0.1) is 36.2 Å². The minimum Gasteiger partial charge on any atom is -0.380 e. The van der Waals surface area contributed by atoms with Gasteiger partial charge in [0.15, 0.2) is 10.8 Å². The molecule has 0 spiro atoms. The van der Waals surface area contributed by atoms with Crippen LogP contribution in [-0.2, 0) is 4.74 Å². The fourth-order valence-electron chi connectivity index (χ4n) is 4.80. The molecule has 3 aliphatic rings. The van der Waals surface area contributed by atoms with E-state index in [1.165, 1.54) is 37.0 Å². The first-order valence-corrected chi connectivity index (χ1v) is 13.8. The number of hydrogen-bond donors (Lipinski definition) is 1. The van der Waals surface area contributed by atoms with Crippen molar-refractivity contribution in [3.63, 3.8) is 0 Å². The van der Waals surface area contributed by atoms with Crippen LogP contribution in [0.2, 0.25) is 0 Å². The largest absolute Gasteiger partial charge is 0.380 e. The quantitative estimate of drug-likeness (QED) is 0.391. The van der Waals surface area contributed by atoms with Gasteiger partial charge in [-0.1, -0.05) is 0 Å². The Balaban J connectivity index is 1.16. The number of aromatic nitrogens is 6. The van der Waals surface area contributed by atoms with E-state index in [0.717, 1.165) is 54.0 Å². The Hall–Kier alpha value is -3.57. The van der Waals surface area contributed by atoms with Gasteiger partial charge < -0.3 is 24.1 Å². The Bertz CT molecular complexity index is 1430. The molecule has 1 N–H and O–H groups in total. The van der Waals surface area contributed by atoms with Crippen molar-refractivity contribution in [3.8, 4) is 16.5 Å². The smallest absolute Gasteiger partial charge is 0.275 e. The summed E-state index contributed by atoms with van der Waals surface area (Å²) in [5.41, 5.74) is 3.31. The van der Waals surface area contributed by atoms with E-state index in [1.807, 2.05) is 34.7 Å². The standard InChI is InChI=1S/C26H28N8O2S/c35-25(30-23-15-37-26(31-23)24-27-6-8-34(24)18-4-5-18)19-12-21(33-14-20(29-16-33)17-2-3-17)22(13-28-19)32-7-1-10-36-11-9-32/h6,8,12-18H,1-5,7,9-11H2,(H,30,35). The first-order chi connectivity index (χ1) is 18.2. The number of thiazole rings is 1. The Morgan fingerprint density at radius 3 is 2.86 bits per heavy atom. The lowest BCUT2D eigenvalue weighted by atomic mass is 10.2. The van der Waals surface area contributed by atoms with E-state index < -0.39 is 0 Å². The molecule has 0 unspecified atom stereocenters. The van der Waals surface area contributed by atoms with Gasteiger partial charge in [0.2, 0.25) is 0 Å². The number of hydrogen-bond acceptors (Lipinski definition) is 8. The molecule has 3 fully saturated rings. The lowest BCUT2D eigenvalue weighted by Crippen LogP contribution is -2.27. The number of imidazole rings is 2. The van der Waals surface area contributed by atoms with Gasteiger partial charge >= 0.3 is 0 Å². The number of rotatable bonds is 7. The molecular formula is C26H28N8O2S. The summed E-state index contributed by atoms with van der Waals surface area (Å²) in [5, 5.41) is 5.58. The van der Waals surface area contributed by atoms with Crippen molar-refractivity contribution in [2.24, 2.45) is 0 Å². The molecule has 1 amide bonds. The fraction of sp³-hybridized carbons (Fsp3) is 0.423. The molecule has 0 aromatic carbocycles. The summed E-state index contributed by atoms with van der Waals surface area (Å²) in [4.78, 5) is 33.9. The van der Waals surface area contributed by atoms with Gasteiger partial charge in [0, 0.05) is 55.6 Å². The molecule has 1 saturated heterocycles. The molecule has 2 saturated carbocycles. The van der Waals surface area contributed by atoms with Crippen molar-refractivity contribution in [2.75, 3.05) is 36.5 Å². The van der Waals surface area contributed by atoms with E-state index in [4.69, 9.17) is 4.74 Å². The zero-order valence-corrected chi connectivity index (χ0v) is 21.2. The molecule has 4 aromatic rings. The minimum absolute atomic E-state index is 0.295. The van der Waals surface area contributed by atoms with Gasteiger partial charge in [-0.15, -0.1) is 11.3 Å². The maximum atomic E-state index is 13.3. The second-order valence-corrected chi connectivity index (χ2v) is 10.7. The van der Waals surface area contributed by atoms with Crippen molar-refractivity contribution < 1.29 is 9.53 Å². The lowest BCUT2D eigenvalue weighted by Gasteiger charge is -2.25. The SMILES string of the molecule is O=C(Nc1csc(-c2nccn2C2CC2)n1)c1cc(-n2cnc(C3CC3)c2)c(N2CCCOCC2)cn1. The van der Waals surface area contributed by atoms with Crippen LogP contribution in [0.3, 0.4) is 0 Å². The third-order valence-electron chi connectivity index (χ3n) is 7.08. The van der Waals surface area contributed by atoms with Gasteiger partial charge in [-0.3, -0.25) is 4.79 Å². The van der Waals surface area contributed by atoms with Crippen LogP contribution in [-0.4, -0.2) is 61.3 Å². The highest BCUT2D eigenvalue weighted by molar-refractivity contribution is 7.13. The average Bonchev–Trinajstić information content (AvgIpc) is 3.82. The number of carbonyl (C=O) groups excluding carboxylic acids is 1. The van der Waals surface area contributed by atoms with Gasteiger partial charge in [0.1, 0.15) is 11.5 Å². The van der Waals surface area contributed by atoms with Crippen LogP contribution in [0, 0.1) is 0 Å². The molecule has 11 heteroatoms. The number of nitrogens with zero attached hydrogens (tertiary/aromatic N) is 7. The summed E-state index contributed by atoms with van der Waals surface area (Å²) >= 11 is 1.48. The zero-order valence-electron chi connectivity index (χ0n) is 20.4. The normalized spacial score (nSPS) is 18.1. The number of anilines is 2. The molecule has 5 heterocycles. The molecule has 10 nitrogen and oxygen atoms in total. The van der Waals surface area contributed by atoms with Crippen molar-refractivity contribution >= 4 is 28.7 Å². The van der Waals surface area contributed by atoms with Crippen LogP contribution in [0.4, 0.5) is 11.5 Å². The Morgan fingerprint density at radius 2 is 2.00 bits per heavy atom. The molecule has 190 valence electrons. The number of nitrogens with one attached hydrogen (secondary N) is 1. The van der Waals surface area contributed by atoms with Crippen LogP contribution >= 0.6 is 11.3 Å². The second-order valence-electron chi connectivity index (χ2n) is 9.87. The molecule has 0 atom stereocenters. The first kappa shape index (κ1) is 22.6. The molecular weight excluding hydrogens is 488 g/mol. The fourth-order valence-corrected chi connectivity index (χ4v) is 5.55. The number of pyridine rings is 1. The lowest BCUT2D eigenvalue weighted by molar-refractivity contribution is 0.102. The van der Waals surface area contributed by atoms with Crippen LogP contribution in [0.5, 0.6) is 0 Å². The van der Waals surface area contributed by atoms with Crippen molar-refractivity contribution in [1.29, 1.82) is 0 Å². The molecule has 0 bridgehead atoms. The van der Waals surface area contributed by atoms with Gasteiger partial charge in [-0.25, -0.2) is 19.9 Å². The van der Waals surface area contributed by atoms with Crippen LogP contribution in [0.1, 0.15) is 60.2 Å². The van der Waals surface area contributed by atoms with E-state index in [0.29, 0.717) is 30.1 Å².